The van der Waals surface area contributed by atoms with Crippen molar-refractivity contribution in [3.63, 3.8) is 0 Å². The summed E-state index contributed by atoms with van der Waals surface area (Å²) >= 11 is 0. The maximum Gasteiger partial charge on any atom is 0.265 e. The number of hydrogen-bond acceptors (Lipinski definition) is 10. The molecule has 1 aliphatic heterocycles. The van der Waals surface area contributed by atoms with Crippen LogP contribution >= 0.6 is 0 Å². The van der Waals surface area contributed by atoms with Gasteiger partial charge in [-0.2, -0.15) is 0 Å². The summed E-state index contributed by atoms with van der Waals surface area (Å²) < 4.78 is 42.6. The molecule has 0 bridgehead atoms. The highest BCUT2D eigenvalue weighted by Crippen LogP contribution is 2.59. The molecule has 8 rings (SSSR count). The van der Waals surface area contributed by atoms with E-state index in [1.54, 1.807) is 0 Å². The van der Waals surface area contributed by atoms with Gasteiger partial charge >= 0.3 is 0 Å². The Morgan fingerprint density at radius 2 is 1.58 bits per heavy atom. The summed E-state index contributed by atoms with van der Waals surface area (Å²) in [5.41, 5.74) is 0.430. The summed E-state index contributed by atoms with van der Waals surface area (Å²) in [7, 11) is 0.760. The van der Waals surface area contributed by atoms with E-state index >= 15 is 18.8 Å². The molecule has 0 radical (unpaired) electrons. The van der Waals surface area contributed by atoms with Crippen LogP contribution in [0.1, 0.15) is 94.8 Å². The molecule has 1 saturated carbocycles. The monoisotopic (exact) mass is 833 g/mol. The fraction of sp³-hybridized carbons (Fsp3) is 0.458. The van der Waals surface area contributed by atoms with Gasteiger partial charge in [-0.1, -0.05) is 93.6 Å². The molecule has 3 aliphatic carbocycles. The lowest BCUT2D eigenvalue weighted by Crippen LogP contribution is -2.70. The van der Waals surface area contributed by atoms with Gasteiger partial charge < -0.3 is 18.4 Å². The Hall–Kier alpha value is -4.75. The van der Waals surface area contributed by atoms with Crippen LogP contribution in [-0.2, 0) is 28.9 Å². The van der Waals surface area contributed by atoms with Gasteiger partial charge in [0, 0.05) is 23.6 Å². The van der Waals surface area contributed by atoms with E-state index in [1.807, 2.05) is 105 Å². The summed E-state index contributed by atoms with van der Waals surface area (Å²) in [5.74, 6) is -4.46. The zero-order valence-corrected chi connectivity index (χ0v) is 36.8. The average Bonchev–Trinajstić information content (AvgIpc) is 3.89. The van der Waals surface area contributed by atoms with Gasteiger partial charge in [-0.15, -0.1) is 0 Å². The van der Waals surface area contributed by atoms with E-state index in [9.17, 15) is 0 Å². The number of benzene rings is 3. The number of nitrogens with zero attached hydrogens (tertiary/aromatic N) is 3. The van der Waals surface area contributed by atoms with Crippen molar-refractivity contribution in [2.45, 2.75) is 89.4 Å². The minimum absolute atomic E-state index is 0.0263. The van der Waals surface area contributed by atoms with Crippen LogP contribution < -0.4 is 9.47 Å². The third-order valence-corrected chi connectivity index (χ3v) is 18.0. The van der Waals surface area contributed by atoms with Gasteiger partial charge in [0.05, 0.1) is 17.5 Å². The molecular weight excluding hydrogens is 778 g/mol. The van der Waals surface area contributed by atoms with Gasteiger partial charge in [-0.25, -0.2) is 4.39 Å². The molecule has 60 heavy (non-hydrogen) atoms. The fourth-order valence-corrected chi connectivity index (χ4v) is 11.0. The summed E-state index contributed by atoms with van der Waals surface area (Å²) in [6.45, 7) is 13.1. The van der Waals surface area contributed by atoms with Gasteiger partial charge in [0.15, 0.2) is 31.2 Å². The topological polar surface area (TPSA) is 111 Å². The third-order valence-electron chi connectivity index (χ3n) is 13.5. The zero-order chi connectivity index (χ0) is 42.6. The van der Waals surface area contributed by atoms with Crippen molar-refractivity contribution in [3.05, 3.63) is 118 Å². The molecule has 2 heterocycles. The lowest BCUT2D eigenvalue weighted by Gasteiger charge is -2.56. The first-order valence-electron chi connectivity index (χ1n) is 21.2. The number of hydrogen-bond donors (Lipinski definition) is 0. The van der Waals surface area contributed by atoms with E-state index in [2.05, 4.69) is 30.8 Å². The molecular formula is C48H56FN3O7Si. The van der Waals surface area contributed by atoms with E-state index in [-0.39, 0.29) is 60.1 Å². The van der Waals surface area contributed by atoms with Crippen molar-refractivity contribution in [1.82, 2.24) is 15.0 Å². The number of halogens is 1. The summed E-state index contributed by atoms with van der Waals surface area (Å²) in [5, 5.41) is 3.86. The smallest absolute Gasteiger partial charge is 0.265 e. The number of Topliss-reactive ketones (excluding diaryl/α,β-unsaturated/α-hetero) is 3. The molecule has 4 aromatic rings. The van der Waals surface area contributed by atoms with Gasteiger partial charge in [0.2, 0.25) is 5.78 Å². The maximum atomic E-state index is 16.6. The Kier molecular flexibility index (Phi) is 11.4. The van der Waals surface area contributed by atoms with Gasteiger partial charge in [0.25, 0.3) is 5.88 Å². The van der Waals surface area contributed by atoms with Gasteiger partial charge in [-0.05, 0) is 99.3 Å². The molecule has 0 spiro atoms. The number of ether oxygens (including phenoxy) is 2. The van der Waals surface area contributed by atoms with Gasteiger partial charge in [-0.3, -0.25) is 24.2 Å². The Balaban J connectivity index is 1.25. The Morgan fingerprint density at radius 1 is 0.950 bits per heavy atom. The minimum atomic E-state index is -2.96. The van der Waals surface area contributed by atoms with E-state index < -0.39 is 65.9 Å². The van der Waals surface area contributed by atoms with E-state index in [1.165, 1.54) is 6.07 Å². The third kappa shape index (κ3) is 7.39. The SMILES string of the molecule is CN(C)[C@@H]1c2onc(OCc3ccccc3)c2C(=O)[C@@]2(O[Si](C)(C)C(C)(C)C)C(=O)C3C(=O)c4c(c(F)cc(/C=C/CN5CCCC5)c4OCc4ccccc4)C[C@H]3C[C@@H]12. The lowest BCUT2D eigenvalue weighted by molar-refractivity contribution is -0.151. The number of likely N-dealkylation sites (tertiary alicyclic amines) is 1. The second-order valence-electron chi connectivity index (χ2n) is 18.7. The zero-order valence-electron chi connectivity index (χ0n) is 35.8. The van der Waals surface area contributed by atoms with E-state index in [4.69, 9.17) is 18.4 Å². The van der Waals surface area contributed by atoms with Crippen molar-refractivity contribution in [2.24, 2.45) is 17.8 Å². The first-order valence-corrected chi connectivity index (χ1v) is 24.1. The second-order valence-corrected chi connectivity index (χ2v) is 23.4. The summed E-state index contributed by atoms with van der Waals surface area (Å²) in [6.07, 6.45) is 6.40. The van der Waals surface area contributed by atoms with Crippen molar-refractivity contribution in [1.29, 1.82) is 0 Å². The highest BCUT2D eigenvalue weighted by molar-refractivity contribution is 6.74. The molecule has 2 fully saturated rings. The predicted molar refractivity (Wildman–Crippen MR) is 229 cm³/mol. The molecule has 1 aromatic heterocycles. The van der Waals surface area contributed by atoms with Crippen LogP contribution in [0, 0.1) is 23.6 Å². The molecule has 0 N–H and O–H groups in total. The molecule has 5 atom stereocenters. The average molecular weight is 834 g/mol. The number of rotatable bonds is 12. The maximum absolute atomic E-state index is 16.6. The Morgan fingerprint density at radius 3 is 2.20 bits per heavy atom. The molecule has 316 valence electrons. The molecule has 3 aromatic carbocycles. The molecule has 1 unspecified atom stereocenters. The highest BCUT2D eigenvalue weighted by Gasteiger charge is 2.70. The van der Waals surface area contributed by atoms with Crippen LogP contribution in [0.5, 0.6) is 11.6 Å². The van der Waals surface area contributed by atoms with Crippen LogP contribution in [0.25, 0.3) is 6.08 Å². The van der Waals surface area contributed by atoms with Gasteiger partial charge in [0.1, 0.15) is 30.3 Å². The molecule has 1 saturated heterocycles. The Bertz CT molecular complexity index is 2300. The normalized spacial score (nSPS) is 24.4. The minimum Gasteiger partial charge on any atom is -0.488 e. The highest BCUT2D eigenvalue weighted by atomic mass is 28.4. The van der Waals surface area contributed by atoms with Crippen LogP contribution in [0.15, 0.2) is 77.3 Å². The molecule has 12 heteroatoms. The quantitative estimate of drug-likeness (QED) is 0.101. The summed E-state index contributed by atoms with van der Waals surface area (Å²) in [4.78, 5) is 51.1. The van der Waals surface area contributed by atoms with Crippen LogP contribution in [0.2, 0.25) is 18.1 Å². The van der Waals surface area contributed by atoms with Crippen LogP contribution in [-0.4, -0.2) is 80.0 Å². The standard InChI is InChI=1S/C48H56FN3O7Si/c1-47(2,3)60(6,7)59-48-35(40(51(4)5)43-39(45(48)55)46(50-58-43)57-29-31-19-12-9-13-20-31)26-33-25-34-36(49)27-32(21-16-24-52-22-14-15-23-52)42(38(34)41(53)37(33)44(48)54)56-28-30-17-10-8-11-18-30/h8-13,16-21,27,33,35,37,40H,14-15,22-26,28-29H2,1-7H3/b21-16+/t33-,35-,37?,40-,48-/m0/s1. The van der Waals surface area contributed by atoms with Crippen molar-refractivity contribution < 1.29 is 37.2 Å². The number of aromatic nitrogens is 1. The Labute approximate surface area is 353 Å². The fourth-order valence-electron chi connectivity index (χ4n) is 9.51. The number of ketones is 3. The molecule has 0 amide bonds. The van der Waals surface area contributed by atoms with Crippen LogP contribution in [0.4, 0.5) is 4.39 Å². The molecule has 4 aliphatic rings. The number of carbonyl (C=O) groups excluding carboxylic acids is 3. The largest absolute Gasteiger partial charge is 0.488 e. The van der Waals surface area contributed by atoms with E-state index in [0.717, 1.165) is 37.1 Å². The second kappa shape index (κ2) is 16.3. The van der Waals surface area contributed by atoms with E-state index in [0.29, 0.717) is 12.1 Å². The molecule has 10 nitrogen and oxygen atoms in total. The lowest BCUT2D eigenvalue weighted by atomic mass is 9.54. The predicted octanol–water partition coefficient (Wildman–Crippen LogP) is 8.90. The number of carbonyl (C=O) groups is 3. The van der Waals surface area contributed by atoms with Crippen molar-refractivity contribution in [3.8, 4) is 11.6 Å². The van der Waals surface area contributed by atoms with Crippen molar-refractivity contribution >= 4 is 31.7 Å². The number of fused-ring (bicyclic) bond motifs is 4. The van der Waals surface area contributed by atoms with Crippen LogP contribution in [0.3, 0.4) is 0 Å². The summed E-state index contributed by atoms with van der Waals surface area (Å²) in [6, 6.07) is 19.9. The van der Waals surface area contributed by atoms with Crippen molar-refractivity contribution in [2.75, 3.05) is 33.7 Å². The first-order chi connectivity index (χ1) is 28.6. The first kappa shape index (κ1) is 42.0.